The largest absolute Gasteiger partial charge is 0.295 e. The predicted molar refractivity (Wildman–Crippen MR) is 159 cm³/mol. The zero-order valence-corrected chi connectivity index (χ0v) is 24.6. The van der Waals surface area contributed by atoms with Crippen molar-refractivity contribution in [3.05, 3.63) is 81.0 Å². The van der Waals surface area contributed by atoms with Gasteiger partial charge >= 0.3 is 0 Å². The van der Waals surface area contributed by atoms with Gasteiger partial charge in [0.1, 0.15) is 0 Å². The first-order valence-corrected chi connectivity index (χ1v) is 13.6. The number of carbonyl (C=O) groups excluding carboxylic acids is 1. The Morgan fingerprint density at radius 2 is 1.60 bits per heavy atom. The lowest BCUT2D eigenvalue weighted by molar-refractivity contribution is 0.101. The highest BCUT2D eigenvalue weighted by atomic mass is 35.5. The van der Waals surface area contributed by atoms with Gasteiger partial charge in [-0.05, 0) is 86.8 Å². The lowest BCUT2D eigenvalue weighted by Gasteiger charge is -2.04. The summed E-state index contributed by atoms with van der Waals surface area (Å²) >= 11 is 11.6. The van der Waals surface area contributed by atoms with Crippen molar-refractivity contribution in [2.45, 2.75) is 80.1 Å². The summed E-state index contributed by atoms with van der Waals surface area (Å²) < 4.78 is 0. The molecule has 0 heterocycles. The van der Waals surface area contributed by atoms with Gasteiger partial charge in [0.15, 0.2) is 5.78 Å². The van der Waals surface area contributed by atoms with Crippen LogP contribution in [0.1, 0.15) is 88.7 Å². The van der Waals surface area contributed by atoms with Crippen LogP contribution in [0.2, 0.25) is 10.0 Å². The molecule has 1 fully saturated rings. The van der Waals surface area contributed by atoms with Crippen LogP contribution in [0, 0.1) is 5.92 Å². The van der Waals surface area contributed by atoms with E-state index in [9.17, 15) is 4.79 Å². The fourth-order valence-corrected chi connectivity index (χ4v) is 4.36. The van der Waals surface area contributed by atoms with Gasteiger partial charge in [0.05, 0.1) is 5.70 Å². The highest BCUT2D eigenvalue weighted by molar-refractivity contribution is 7.22. The second-order valence-electron chi connectivity index (χ2n) is 9.05. The summed E-state index contributed by atoms with van der Waals surface area (Å²) in [6.07, 6.45) is 9.62. The minimum absolute atomic E-state index is 0.100. The average molecular weight is 533 g/mol. The maximum Gasteiger partial charge on any atom is 0.160 e. The van der Waals surface area contributed by atoms with Crippen molar-refractivity contribution < 1.29 is 4.79 Å². The van der Waals surface area contributed by atoms with Gasteiger partial charge < -0.3 is 0 Å². The molecule has 1 saturated carbocycles. The summed E-state index contributed by atoms with van der Waals surface area (Å²) in [6.45, 7) is 11.9. The van der Waals surface area contributed by atoms with Gasteiger partial charge in [-0.25, -0.2) is 0 Å². The number of ketones is 1. The van der Waals surface area contributed by atoms with Crippen LogP contribution in [0.4, 0.5) is 0 Å². The normalized spacial score (nSPS) is 13.9. The number of nitrogens with zero attached hydrogens (tertiary/aromatic N) is 1. The molecule has 3 rings (SSSR count). The van der Waals surface area contributed by atoms with Crippen LogP contribution in [0.25, 0.3) is 0 Å². The Labute approximate surface area is 225 Å². The Balaban J connectivity index is 0.000000293. The van der Waals surface area contributed by atoms with E-state index in [-0.39, 0.29) is 5.78 Å². The number of aryl methyl sites for hydroxylation is 1. The molecule has 0 saturated heterocycles. The van der Waals surface area contributed by atoms with Gasteiger partial charge in [-0.3, -0.25) is 9.79 Å². The van der Waals surface area contributed by atoms with E-state index in [1.807, 2.05) is 64.1 Å². The number of Topliss-reactive ketones (excluding diaryl/α,β-unsaturated/α-hetero) is 1. The third-order valence-corrected chi connectivity index (χ3v) is 6.56. The molecule has 0 unspecified atom stereocenters. The number of allylic oxidation sites excluding steroid dienone is 2. The maximum absolute atomic E-state index is 11.1. The topological polar surface area (TPSA) is 29.4 Å². The van der Waals surface area contributed by atoms with Gasteiger partial charge in [-0.1, -0.05) is 80.9 Å². The Kier molecular flexibility index (Phi) is 15.1. The molecule has 0 atom stereocenters. The number of hydrogen-bond acceptors (Lipinski definition) is 2. The van der Waals surface area contributed by atoms with E-state index in [1.54, 1.807) is 19.1 Å². The molecule has 1 aliphatic rings. The van der Waals surface area contributed by atoms with E-state index >= 15 is 0 Å². The third kappa shape index (κ3) is 12.7. The first-order valence-electron chi connectivity index (χ1n) is 12.4. The molecule has 0 bridgehead atoms. The van der Waals surface area contributed by atoms with Crippen molar-refractivity contribution in [3.63, 3.8) is 0 Å². The van der Waals surface area contributed by atoms with Crippen LogP contribution in [-0.2, 0) is 12.8 Å². The molecule has 5 heteroatoms. The summed E-state index contributed by atoms with van der Waals surface area (Å²) in [5.41, 5.74) is 5.08. The average Bonchev–Trinajstić information content (AvgIpc) is 3.30. The van der Waals surface area contributed by atoms with Gasteiger partial charge in [-0.2, -0.15) is 0 Å². The van der Waals surface area contributed by atoms with E-state index < -0.39 is 0 Å². The summed E-state index contributed by atoms with van der Waals surface area (Å²) in [7, 11) is 3.50. The number of halogens is 2. The molecule has 2 aromatic carbocycles. The van der Waals surface area contributed by atoms with Gasteiger partial charge in [-0.15, -0.1) is 8.86 Å². The number of aliphatic imine (C=N–C) groups is 1. The standard InChI is InChI=1S/C14H17ClNP.C10H11ClO.C6H12/c1-4-14(11(3)17)16-10(2)9-12-5-7-13(15)8-6-12;1-3-8-6-9(11)4-5-10(8)7(2)12;1-6-4-2-3-5-6/h4-8,17H,9H2,1-3H3;4-6H,3H2,1-2H3;6H,2-5H2,1H3/b14-4-,16-10?;;. The van der Waals surface area contributed by atoms with E-state index in [2.05, 4.69) is 20.8 Å². The predicted octanol–water partition coefficient (Wildman–Crippen LogP) is 9.88. The van der Waals surface area contributed by atoms with Crippen LogP contribution in [0.5, 0.6) is 0 Å². The quantitative estimate of drug-likeness (QED) is 0.207. The van der Waals surface area contributed by atoms with E-state index in [1.165, 1.54) is 31.2 Å². The fourth-order valence-electron chi connectivity index (χ4n) is 3.84. The molecule has 0 N–H and O–H groups in total. The zero-order valence-electron chi connectivity index (χ0n) is 22.1. The second-order valence-corrected chi connectivity index (χ2v) is 10.7. The Bertz CT molecular complexity index is 1020. The van der Waals surface area contributed by atoms with Crippen LogP contribution >= 0.6 is 32.1 Å². The van der Waals surface area contributed by atoms with Gasteiger partial charge in [0.25, 0.3) is 0 Å². The zero-order chi connectivity index (χ0) is 26.4. The van der Waals surface area contributed by atoms with E-state index in [0.29, 0.717) is 5.02 Å². The van der Waals surface area contributed by atoms with Crippen molar-refractivity contribution in [3.8, 4) is 0 Å². The molecule has 0 radical (unpaired) electrons. The lowest BCUT2D eigenvalue weighted by Crippen LogP contribution is -2.00. The van der Waals surface area contributed by atoms with Crippen molar-refractivity contribution in [2.24, 2.45) is 10.9 Å². The summed E-state index contributed by atoms with van der Waals surface area (Å²) in [6, 6.07) is 13.2. The Morgan fingerprint density at radius 1 is 1.03 bits per heavy atom. The summed E-state index contributed by atoms with van der Waals surface area (Å²) in [4.78, 5) is 15.7. The minimum atomic E-state index is 0.100. The SMILES string of the molecule is C/C=C(\N=C(C)Cc1ccc(Cl)cc1)C(C)=P.CC1CCCC1.CCc1cc(Cl)ccc1C(C)=O. The van der Waals surface area contributed by atoms with Crippen molar-refractivity contribution in [1.82, 2.24) is 0 Å². The molecule has 0 spiro atoms. The molecule has 2 nitrogen and oxygen atoms in total. The van der Waals surface area contributed by atoms with Crippen molar-refractivity contribution in [1.29, 1.82) is 0 Å². The molecule has 35 heavy (non-hydrogen) atoms. The number of rotatable bonds is 6. The van der Waals surface area contributed by atoms with E-state index in [4.69, 9.17) is 23.2 Å². The first kappa shape index (κ1) is 31.3. The summed E-state index contributed by atoms with van der Waals surface area (Å²) in [5.74, 6) is 1.15. The second kappa shape index (κ2) is 16.9. The number of carbonyl (C=O) groups is 1. The molecule has 1 aliphatic carbocycles. The summed E-state index contributed by atoms with van der Waals surface area (Å²) in [5, 5.41) is 2.50. The van der Waals surface area contributed by atoms with Gasteiger partial charge in [0, 0.05) is 27.7 Å². The lowest BCUT2D eigenvalue weighted by atomic mass is 10.0. The molecule has 0 aromatic heterocycles. The molecule has 2 aromatic rings. The van der Waals surface area contributed by atoms with Crippen molar-refractivity contribution >= 4 is 48.9 Å². The van der Waals surface area contributed by atoms with Crippen molar-refractivity contribution in [2.75, 3.05) is 0 Å². The smallest absolute Gasteiger partial charge is 0.160 e. The number of hydrogen-bond donors (Lipinski definition) is 0. The van der Waals surface area contributed by atoms with Gasteiger partial charge in [0.2, 0.25) is 0 Å². The highest BCUT2D eigenvalue weighted by Crippen LogP contribution is 2.23. The van der Waals surface area contributed by atoms with Crippen LogP contribution < -0.4 is 0 Å². The maximum atomic E-state index is 11.1. The fraction of sp³-hybridized carbons (Fsp3) is 0.433. The first-order chi connectivity index (χ1) is 16.6. The van der Waals surface area contributed by atoms with Crippen LogP contribution in [0.3, 0.4) is 0 Å². The monoisotopic (exact) mass is 531 g/mol. The minimum Gasteiger partial charge on any atom is -0.295 e. The Morgan fingerprint density at radius 3 is 2.03 bits per heavy atom. The molecule has 0 aliphatic heterocycles. The van der Waals surface area contributed by atoms with Crippen LogP contribution in [-0.4, -0.2) is 16.8 Å². The molecule has 190 valence electrons. The van der Waals surface area contributed by atoms with Crippen LogP contribution in [0.15, 0.2) is 59.2 Å². The number of benzene rings is 2. The third-order valence-electron chi connectivity index (χ3n) is 5.81. The highest BCUT2D eigenvalue weighted by Gasteiger charge is 2.07. The Hall–Kier alpha value is -1.73. The molecular formula is C30H40Cl2NOP. The van der Waals surface area contributed by atoms with E-state index in [0.717, 1.165) is 51.6 Å². The molecule has 0 amide bonds. The molecular weight excluding hydrogens is 492 g/mol.